The monoisotopic (exact) mass is 348 g/mol. The predicted molar refractivity (Wildman–Crippen MR) is 78.3 cm³/mol. The van der Waals surface area contributed by atoms with Crippen molar-refractivity contribution in [1.29, 1.82) is 0 Å². The van der Waals surface area contributed by atoms with Crippen LogP contribution in [0.25, 0.3) is 0 Å². The van der Waals surface area contributed by atoms with Crippen LogP contribution in [0, 0.1) is 0 Å². The molecule has 0 radical (unpaired) electrons. The maximum atomic E-state index is 12.5. The van der Waals surface area contributed by atoms with Crippen LogP contribution < -0.4 is 5.32 Å². The molecule has 0 aliphatic heterocycles. The lowest BCUT2D eigenvalue weighted by atomic mass is 10.4. The van der Waals surface area contributed by atoms with Gasteiger partial charge in [0, 0.05) is 19.2 Å². The van der Waals surface area contributed by atoms with Crippen LogP contribution in [0.1, 0.15) is 5.76 Å². The van der Waals surface area contributed by atoms with Crippen LogP contribution in [0.2, 0.25) is 0 Å². The Morgan fingerprint density at radius 3 is 2.47 bits per heavy atom. The Hall–Kier alpha value is -0.890. The third kappa shape index (κ3) is 3.79. The fourth-order valence-corrected chi connectivity index (χ4v) is 3.88. The maximum Gasteiger partial charge on any atom is 0.248 e. The summed E-state index contributed by atoms with van der Waals surface area (Å²) < 4.78 is 31.8. The summed E-state index contributed by atoms with van der Waals surface area (Å²) in [7, 11) is -1.87. The fraction of sp³-hybridized carbons (Fsp3) is 0.333. The first-order valence-corrected chi connectivity index (χ1v) is 7.85. The Morgan fingerprint density at radius 2 is 2.00 bits per heavy atom. The normalized spacial score (nSPS) is 11.7. The average Bonchev–Trinajstić information content (AvgIpc) is 2.71. The van der Waals surface area contributed by atoms with Gasteiger partial charge in [-0.15, -0.1) is 13.2 Å². The molecule has 0 amide bonds. The third-order valence-corrected chi connectivity index (χ3v) is 5.03. The number of rotatable bonds is 8. The largest absolute Gasteiger partial charge is 0.452 e. The van der Waals surface area contributed by atoms with Crippen molar-refractivity contribution in [2.24, 2.45) is 0 Å². The molecule has 7 heteroatoms. The van der Waals surface area contributed by atoms with E-state index in [-0.39, 0.29) is 22.7 Å². The fourth-order valence-electron chi connectivity index (χ4n) is 1.53. The minimum absolute atomic E-state index is 0.112. The molecule has 0 unspecified atom stereocenters. The number of nitrogens with one attached hydrogen (secondary N) is 1. The van der Waals surface area contributed by atoms with Crippen molar-refractivity contribution >= 4 is 26.0 Å². The van der Waals surface area contributed by atoms with Crippen LogP contribution in [0.4, 0.5) is 0 Å². The number of hydrogen-bond donors (Lipinski definition) is 1. The minimum atomic E-state index is -3.63. The summed E-state index contributed by atoms with van der Waals surface area (Å²) in [5.41, 5.74) is 0. The first-order valence-electron chi connectivity index (χ1n) is 5.62. The summed E-state index contributed by atoms with van der Waals surface area (Å²) in [5.74, 6) is 0.546. The van der Waals surface area contributed by atoms with Crippen molar-refractivity contribution in [1.82, 2.24) is 9.62 Å². The first kappa shape index (κ1) is 16.2. The molecule has 106 valence electrons. The van der Waals surface area contributed by atoms with Gasteiger partial charge in [0.1, 0.15) is 10.7 Å². The zero-order valence-corrected chi connectivity index (χ0v) is 13.1. The minimum Gasteiger partial charge on any atom is -0.452 e. The second kappa shape index (κ2) is 7.04. The number of nitrogens with zero attached hydrogens (tertiary/aromatic N) is 1. The molecule has 1 rings (SSSR count). The summed E-state index contributed by atoms with van der Waals surface area (Å²) in [5, 5.41) is 2.90. The molecule has 0 saturated heterocycles. The van der Waals surface area contributed by atoms with E-state index < -0.39 is 10.0 Å². The summed E-state index contributed by atoms with van der Waals surface area (Å²) in [6, 6.07) is 1.51. The smallest absolute Gasteiger partial charge is 0.248 e. The van der Waals surface area contributed by atoms with Gasteiger partial charge in [-0.3, -0.25) is 0 Å². The van der Waals surface area contributed by atoms with Gasteiger partial charge in [-0.05, 0) is 23.0 Å². The number of sulfonamides is 1. The molecular formula is C12H17BrN2O3S. The first-order chi connectivity index (χ1) is 8.97. The van der Waals surface area contributed by atoms with Gasteiger partial charge >= 0.3 is 0 Å². The van der Waals surface area contributed by atoms with Crippen LogP contribution in [0.3, 0.4) is 0 Å². The zero-order valence-electron chi connectivity index (χ0n) is 10.7. The van der Waals surface area contributed by atoms with Crippen LogP contribution in [0.15, 0.2) is 45.4 Å². The quantitative estimate of drug-likeness (QED) is 0.731. The van der Waals surface area contributed by atoms with E-state index in [1.807, 2.05) is 0 Å². The number of furan rings is 1. The lowest BCUT2D eigenvalue weighted by Gasteiger charge is -2.17. The molecule has 0 atom stereocenters. The van der Waals surface area contributed by atoms with Crippen molar-refractivity contribution in [3.8, 4) is 0 Å². The highest BCUT2D eigenvalue weighted by molar-refractivity contribution is 9.10. The van der Waals surface area contributed by atoms with E-state index in [4.69, 9.17) is 4.42 Å². The molecule has 0 aromatic carbocycles. The summed E-state index contributed by atoms with van der Waals surface area (Å²) in [6.07, 6.45) is 3.06. The second-order valence-corrected chi connectivity index (χ2v) is 6.41. The molecule has 1 heterocycles. The van der Waals surface area contributed by atoms with Crippen LogP contribution >= 0.6 is 15.9 Å². The van der Waals surface area contributed by atoms with Crippen molar-refractivity contribution in [3.63, 3.8) is 0 Å². The number of halogens is 1. The van der Waals surface area contributed by atoms with Gasteiger partial charge in [-0.25, -0.2) is 8.42 Å². The van der Waals surface area contributed by atoms with Gasteiger partial charge in [0.25, 0.3) is 0 Å². The summed E-state index contributed by atoms with van der Waals surface area (Å²) in [6.45, 7) is 8.01. The van der Waals surface area contributed by atoms with Crippen molar-refractivity contribution in [2.45, 2.75) is 11.4 Å². The molecule has 1 aromatic heterocycles. The molecule has 0 aliphatic carbocycles. The van der Waals surface area contributed by atoms with Gasteiger partial charge in [0.2, 0.25) is 10.0 Å². The van der Waals surface area contributed by atoms with Gasteiger partial charge in [0.15, 0.2) is 4.67 Å². The molecular weight excluding hydrogens is 332 g/mol. The van der Waals surface area contributed by atoms with Crippen molar-refractivity contribution in [2.75, 3.05) is 20.1 Å². The van der Waals surface area contributed by atoms with Gasteiger partial charge in [0.05, 0.1) is 6.54 Å². The van der Waals surface area contributed by atoms with Gasteiger partial charge < -0.3 is 9.73 Å². The second-order valence-electron chi connectivity index (χ2n) is 3.78. The highest BCUT2D eigenvalue weighted by atomic mass is 79.9. The average molecular weight is 349 g/mol. The highest BCUT2D eigenvalue weighted by Crippen LogP contribution is 2.28. The molecule has 0 spiro atoms. The molecule has 19 heavy (non-hydrogen) atoms. The Morgan fingerprint density at radius 1 is 1.42 bits per heavy atom. The number of hydrogen-bond acceptors (Lipinski definition) is 4. The zero-order chi connectivity index (χ0) is 14.5. The molecule has 0 aliphatic rings. The third-order valence-electron chi connectivity index (χ3n) is 2.34. The van der Waals surface area contributed by atoms with E-state index in [0.717, 1.165) is 0 Å². The molecule has 1 aromatic rings. The molecule has 0 bridgehead atoms. The predicted octanol–water partition coefficient (Wildman–Crippen LogP) is 2.12. The van der Waals surface area contributed by atoms with E-state index in [1.54, 1.807) is 7.05 Å². The van der Waals surface area contributed by atoms with E-state index in [0.29, 0.717) is 12.3 Å². The van der Waals surface area contributed by atoms with Crippen LogP contribution in [0.5, 0.6) is 0 Å². The molecule has 0 saturated carbocycles. The molecule has 1 N–H and O–H groups in total. The van der Waals surface area contributed by atoms with Crippen LogP contribution in [-0.4, -0.2) is 32.9 Å². The van der Waals surface area contributed by atoms with Crippen molar-refractivity contribution < 1.29 is 12.8 Å². The summed E-state index contributed by atoms with van der Waals surface area (Å²) in [4.78, 5) is 0.112. The van der Waals surface area contributed by atoms with E-state index in [1.165, 1.54) is 22.5 Å². The van der Waals surface area contributed by atoms with E-state index >= 15 is 0 Å². The van der Waals surface area contributed by atoms with Crippen LogP contribution in [-0.2, 0) is 16.6 Å². The lowest BCUT2D eigenvalue weighted by Crippen LogP contribution is -2.31. The molecule has 5 nitrogen and oxygen atoms in total. The Balaban J connectivity index is 3.16. The maximum absolute atomic E-state index is 12.5. The van der Waals surface area contributed by atoms with Crippen molar-refractivity contribution in [3.05, 3.63) is 41.8 Å². The standard InChI is InChI=1S/C12H17BrN2O3S/c1-4-6-15(7-5-2)19(16,17)11-8-10(9-14-3)18-12(11)13/h4-5,8,14H,1-2,6-7,9H2,3H3. The SMILES string of the molecule is C=CCN(CC=C)S(=O)(=O)c1cc(CNC)oc1Br. The van der Waals surface area contributed by atoms with E-state index in [2.05, 4.69) is 34.4 Å². The van der Waals surface area contributed by atoms with Gasteiger partial charge in [-0.2, -0.15) is 4.31 Å². The highest BCUT2D eigenvalue weighted by Gasteiger charge is 2.28. The molecule has 0 fully saturated rings. The summed E-state index contributed by atoms with van der Waals surface area (Å²) >= 11 is 3.14. The van der Waals surface area contributed by atoms with Gasteiger partial charge in [-0.1, -0.05) is 12.2 Å². The Bertz CT molecular complexity index is 541. The lowest BCUT2D eigenvalue weighted by molar-refractivity contribution is 0.458. The Kier molecular flexibility index (Phi) is 5.99. The Labute approximate surface area is 122 Å². The topological polar surface area (TPSA) is 62.6 Å². The van der Waals surface area contributed by atoms with E-state index in [9.17, 15) is 8.42 Å².